The predicted molar refractivity (Wildman–Crippen MR) is 90.5 cm³/mol. The van der Waals surface area contributed by atoms with Gasteiger partial charge >= 0.3 is 0 Å². The van der Waals surface area contributed by atoms with Gasteiger partial charge in [-0.15, -0.1) is 0 Å². The fourth-order valence-corrected chi connectivity index (χ4v) is 2.50. The van der Waals surface area contributed by atoms with Crippen molar-refractivity contribution in [3.63, 3.8) is 0 Å². The van der Waals surface area contributed by atoms with Crippen molar-refractivity contribution in [1.82, 2.24) is 9.55 Å². The van der Waals surface area contributed by atoms with Crippen LogP contribution in [0, 0.1) is 13.8 Å². The average molecular weight is 307 g/mol. The Morgan fingerprint density at radius 2 is 1.91 bits per heavy atom. The molecule has 116 valence electrons. The molecule has 5 nitrogen and oxygen atoms in total. The lowest BCUT2D eigenvalue weighted by Gasteiger charge is -2.12. The zero-order chi connectivity index (χ0) is 16.4. The summed E-state index contributed by atoms with van der Waals surface area (Å²) in [4.78, 5) is 28.5. The van der Waals surface area contributed by atoms with Crippen molar-refractivity contribution in [2.24, 2.45) is 0 Å². The maximum atomic E-state index is 12.4. The number of rotatable bonds is 3. The third kappa shape index (κ3) is 2.99. The molecule has 0 saturated carbocycles. The molecule has 0 atom stereocenters. The van der Waals surface area contributed by atoms with Crippen LogP contribution in [-0.4, -0.2) is 15.5 Å². The number of hydrogen-bond acceptors (Lipinski definition) is 3. The lowest BCUT2D eigenvalue weighted by molar-refractivity contribution is -0.116. The van der Waals surface area contributed by atoms with Gasteiger partial charge in [-0.2, -0.15) is 0 Å². The molecule has 1 heterocycles. The van der Waals surface area contributed by atoms with E-state index in [2.05, 4.69) is 10.3 Å². The van der Waals surface area contributed by atoms with Crippen LogP contribution in [0.2, 0.25) is 0 Å². The molecule has 0 unspecified atom stereocenters. The summed E-state index contributed by atoms with van der Waals surface area (Å²) in [6.45, 7) is 3.90. The van der Waals surface area contributed by atoms with Crippen molar-refractivity contribution in [2.45, 2.75) is 20.4 Å². The first kappa shape index (κ1) is 15.0. The van der Waals surface area contributed by atoms with E-state index < -0.39 is 0 Å². The Labute approximate surface area is 133 Å². The maximum absolute atomic E-state index is 12.4. The van der Waals surface area contributed by atoms with Crippen LogP contribution in [0.4, 0.5) is 5.69 Å². The average Bonchev–Trinajstić information content (AvgIpc) is 2.54. The largest absolute Gasteiger partial charge is 0.324 e. The first-order valence-corrected chi connectivity index (χ1v) is 7.37. The summed E-state index contributed by atoms with van der Waals surface area (Å²) in [6, 6.07) is 13.0. The van der Waals surface area contributed by atoms with Gasteiger partial charge in [-0.1, -0.05) is 24.3 Å². The number of fused-ring (bicyclic) bond motifs is 1. The SMILES string of the molecule is Cc1cccc(NC(=O)Cn2c(=O)cnc3ccccc32)c1C. The minimum absolute atomic E-state index is 0.0464. The van der Waals surface area contributed by atoms with Crippen LogP contribution in [-0.2, 0) is 11.3 Å². The summed E-state index contributed by atoms with van der Waals surface area (Å²) in [5.74, 6) is -0.239. The number of carbonyl (C=O) groups excluding carboxylic acids is 1. The highest BCUT2D eigenvalue weighted by Crippen LogP contribution is 2.18. The molecule has 3 rings (SSSR count). The Bertz CT molecular complexity index is 944. The van der Waals surface area contributed by atoms with E-state index >= 15 is 0 Å². The topological polar surface area (TPSA) is 64.0 Å². The molecule has 23 heavy (non-hydrogen) atoms. The van der Waals surface area contributed by atoms with E-state index in [0.717, 1.165) is 16.8 Å². The number of hydrogen-bond donors (Lipinski definition) is 1. The Morgan fingerprint density at radius 1 is 1.13 bits per heavy atom. The highest BCUT2D eigenvalue weighted by Gasteiger charge is 2.10. The van der Waals surface area contributed by atoms with Crippen LogP contribution in [0.15, 0.2) is 53.5 Å². The van der Waals surface area contributed by atoms with E-state index in [4.69, 9.17) is 0 Å². The van der Waals surface area contributed by atoms with Crippen molar-refractivity contribution >= 4 is 22.6 Å². The van der Waals surface area contributed by atoms with Crippen LogP contribution in [0.1, 0.15) is 11.1 Å². The molecule has 0 saturated heterocycles. The second-order valence-electron chi connectivity index (χ2n) is 5.47. The minimum Gasteiger partial charge on any atom is -0.324 e. The molecule has 0 aliphatic carbocycles. The molecule has 0 radical (unpaired) electrons. The fourth-order valence-electron chi connectivity index (χ4n) is 2.50. The summed E-state index contributed by atoms with van der Waals surface area (Å²) in [7, 11) is 0. The van der Waals surface area contributed by atoms with Gasteiger partial charge in [-0.05, 0) is 43.2 Å². The molecule has 0 aliphatic rings. The molecule has 1 amide bonds. The molecule has 0 fully saturated rings. The van der Waals surface area contributed by atoms with Crippen molar-refractivity contribution in [1.29, 1.82) is 0 Å². The van der Waals surface area contributed by atoms with Gasteiger partial charge < -0.3 is 5.32 Å². The van der Waals surface area contributed by atoms with Crippen LogP contribution >= 0.6 is 0 Å². The number of nitrogens with zero attached hydrogens (tertiary/aromatic N) is 2. The van der Waals surface area contributed by atoms with Crippen molar-refractivity contribution in [3.05, 3.63) is 70.1 Å². The summed E-state index contributed by atoms with van der Waals surface area (Å²) in [5, 5.41) is 2.87. The van der Waals surface area contributed by atoms with Crippen molar-refractivity contribution in [2.75, 3.05) is 5.32 Å². The normalized spacial score (nSPS) is 10.7. The molecule has 5 heteroatoms. The Kier molecular flexibility index (Phi) is 3.93. The second-order valence-corrected chi connectivity index (χ2v) is 5.47. The Balaban J connectivity index is 1.90. The van der Waals surface area contributed by atoms with Crippen LogP contribution in [0.25, 0.3) is 11.0 Å². The summed E-state index contributed by atoms with van der Waals surface area (Å²) < 4.78 is 1.43. The Hall–Kier alpha value is -2.95. The van der Waals surface area contributed by atoms with E-state index in [-0.39, 0.29) is 18.0 Å². The highest BCUT2D eigenvalue weighted by atomic mass is 16.2. The van der Waals surface area contributed by atoms with E-state index in [0.29, 0.717) is 11.0 Å². The minimum atomic E-state index is -0.292. The summed E-state index contributed by atoms with van der Waals surface area (Å²) >= 11 is 0. The zero-order valence-electron chi connectivity index (χ0n) is 13.0. The maximum Gasteiger partial charge on any atom is 0.269 e. The number of para-hydroxylation sites is 2. The van der Waals surface area contributed by atoms with E-state index in [9.17, 15) is 9.59 Å². The number of carbonyl (C=O) groups is 1. The van der Waals surface area contributed by atoms with Gasteiger partial charge in [-0.25, -0.2) is 4.98 Å². The summed E-state index contributed by atoms with van der Waals surface area (Å²) in [6.07, 6.45) is 1.24. The van der Waals surface area contributed by atoms with Gasteiger partial charge in [0.15, 0.2) is 0 Å². The van der Waals surface area contributed by atoms with Crippen LogP contribution < -0.4 is 10.9 Å². The zero-order valence-corrected chi connectivity index (χ0v) is 13.0. The predicted octanol–water partition coefficient (Wildman–Crippen LogP) is 2.65. The first-order valence-electron chi connectivity index (χ1n) is 7.37. The van der Waals surface area contributed by atoms with Crippen LogP contribution in [0.5, 0.6) is 0 Å². The van der Waals surface area contributed by atoms with Crippen molar-refractivity contribution in [3.8, 4) is 0 Å². The smallest absolute Gasteiger partial charge is 0.269 e. The fraction of sp³-hybridized carbons (Fsp3) is 0.167. The number of aromatic nitrogens is 2. The lowest BCUT2D eigenvalue weighted by atomic mass is 10.1. The van der Waals surface area contributed by atoms with Crippen LogP contribution in [0.3, 0.4) is 0 Å². The number of aryl methyl sites for hydroxylation is 1. The molecule has 3 aromatic rings. The monoisotopic (exact) mass is 307 g/mol. The number of benzene rings is 2. The number of nitrogens with one attached hydrogen (secondary N) is 1. The third-order valence-corrected chi connectivity index (χ3v) is 3.93. The first-order chi connectivity index (χ1) is 11.1. The molecular formula is C18H17N3O2. The third-order valence-electron chi connectivity index (χ3n) is 3.93. The van der Waals surface area contributed by atoms with Gasteiger partial charge in [0.05, 0.1) is 17.2 Å². The summed E-state index contributed by atoms with van der Waals surface area (Å²) in [5.41, 5.74) is 3.94. The van der Waals surface area contributed by atoms with Gasteiger partial charge in [0.2, 0.25) is 5.91 Å². The van der Waals surface area contributed by atoms with Gasteiger partial charge in [0.1, 0.15) is 6.54 Å². The van der Waals surface area contributed by atoms with Gasteiger partial charge in [0, 0.05) is 5.69 Å². The quantitative estimate of drug-likeness (QED) is 0.809. The van der Waals surface area contributed by atoms with E-state index in [1.807, 2.05) is 50.2 Å². The molecule has 1 N–H and O–H groups in total. The van der Waals surface area contributed by atoms with Gasteiger partial charge in [-0.3, -0.25) is 14.2 Å². The molecular weight excluding hydrogens is 290 g/mol. The molecule has 0 bridgehead atoms. The molecule has 1 aromatic heterocycles. The standard InChI is InChI=1S/C18H17N3O2/c1-12-6-5-8-14(13(12)2)20-17(22)11-21-16-9-4-3-7-15(16)19-10-18(21)23/h3-10H,11H2,1-2H3,(H,20,22). The second kappa shape index (κ2) is 6.04. The number of anilines is 1. The Morgan fingerprint density at radius 3 is 2.74 bits per heavy atom. The van der Waals surface area contributed by atoms with Crippen molar-refractivity contribution < 1.29 is 4.79 Å². The molecule has 0 aliphatic heterocycles. The molecule has 2 aromatic carbocycles. The number of amides is 1. The molecule has 0 spiro atoms. The highest BCUT2D eigenvalue weighted by molar-refractivity contribution is 5.92. The lowest BCUT2D eigenvalue weighted by Crippen LogP contribution is -2.28. The van der Waals surface area contributed by atoms with Gasteiger partial charge in [0.25, 0.3) is 5.56 Å². The van der Waals surface area contributed by atoms with E-state index in [1.165, 1.54) is 10.8 Å². The van der Waals surface area contributed by atoms with E-state index in [1.54, 1.807) is 6.07 Å².